The van der Waals surface area contributed by atoms with E-state index in [1.807, 2.05) is 0 Å². The van der Waals surface area contributed by atoms with E-state index in [1.165, 1.54) is 52.0 Å². The second-order valence-electron chi connectivity index (χ2n) is 9.73. The Morgan fingerprint density at radius 2 is 1.04 bits per heavy atom. The summed E-state index contributed by atoms with van der Waals surface area (Å²) in [6.45, 7) is 18.5. The molecule has 1 aliphatic rings. The lowest BCUT2D eigenvalue weighted by molar-refractivity contribution is 0.332. The minimum Gasteiger partial charge on any atom is -0.344 e. The minimum atomic E-state index is 0.242. The molecule has 0 spiro atoms. The maximum absolute atomic E-state index is 2.47. The number of aryl methyl sites for hydroxylation is 4. The Bertz CT molecular complexity index is 855. The zero-order valence-electron chi connectivity index (χ0n) is 18.2. The first-order valence-corrected chi connectivity index (χ1v) is 9.91. The van der Waals surface area contributed by atoms with Crippen LogP contribution >= 0.6 is 0 Å². The fraction of sp³-hybridized carbons (Fsp3) is 0.520. The van der Waals surface area contributed by atoms with Crippen molar-refractivity contribution >= 4 is 11.4 Å². The zero-order chi connectivity index (χ0) is 19.4. The van der Waals surface area contributed by atoms with E-state index < -0.39 is 0 Å². The Morgan fingerprint density at radius 1 is 0.615 bits per heavy atom. The van der Waals surface area contributed by atoms with Gasteiger partial charge in [0.25, 0.3) is 0 Å². The van der Waals surface area contributed by atoms with Gasteiger partial charge >= 0.3 is 0 Å². The Morgan fingerprint density at radius 3 is 1.62 bits per heavy atom. The average molecular weight is 350 g/mol. The van der Waals surface area contributed by atoms with Gasteiger partial charge in [0.15, 0.2) is 0 Å². The molecule has 0 radical (unpaired) electrons. The number of fused-ring (bicyclic) bond motifs is 1. The van der Waals surface area contributed by atoms with E-state index in [2.05, 4.69) is 91.6 Å². The van der Waals surface area contributed by atoms with Crippen LogP contribution in [0.15, 0.2) is 24.3 Å². The number of anilines is 2. The second-order valence-corrected chi connectivity index (χ2v) is 9.73. The molecule has 0 bridgehead atoms. The van der Waals surface area contributed by atoms with E-state index in [-0.39, 0.29) is 10.8 Å². The fourth-order valence-electron chi connectivity index (χ4n) is 4.51. The summed E-state index contributed by atoms with van der Waals surface area (Å²) in [7, 11) is 2.22. The van der Waals surface area contributed by atoms with Crippen LogP contribution in [0.5, 0.6) is 0 Å². The lowest BCUT2D eigenvalue weighted by Gasteiger charge is -2.43. The summed E-state index contributed by atoms with van der Waals surface area (Å²) in [5.74, 6) is 0. The Hall–Kier alpha value is -1.76. The number of hydrogen-bond donors (Lipinski definition) is 0. The molecule has 0 atom stereocenters. The van der Waals surface area contributed by atoms with Crippen LogP contribution in [0.2, 0.25) is 0 Å². The van der Waals surface area contributed by atoms with Crippen molar-refractivity contribution in [2.75, 3.05) is 11.9 Å². The highest BCUT2D eigenvalue weighted by molar-refractivity contribution is 5.71. The van der Waals surface area contributed by atoms with Crippen LogP contribution in [0.4, 0.5) is 11.4 Å². The van der Waals surface area contributed by atoms with Crippen LogP contribution in [-0.2, 0) is 10.8 Å². The Kier molecular flexibility index (Phi) is 4.50. The van der Waals surface area contributed by atoms with Gasteiger partial charge in [-0.25, -0.2) is 0 Å². The highest BCUT2D eigenvalue weighted by atomic mass is 15.1. The van der Waals surface area contributed by atoms with Crippen molar-refractivity contribution in [3.05, 3.63) is 57.6 Å². The Labute approximate surface area is 160 Å². The third-order valence-corrected chi connectivity index (χ3v) is 6.70. The molecule has 0 aromatic heterocycles. The molecule has 0 saturated carbocycles. The van der Waals surface area contributed by atoms with Crippen LogP contribution < -0.4 is 4.90 Å². The summed E-state index contributed by atoms with van der Waals surface area (Å²) < 4.78 is 0. The van der Waals surface area contributed by atoms with Crippen molar-refractivity contribution in [2.45, 2.75) is 79.1 Å². The number of benzene rings is 2. The van der Waals surface area contributed by atoms with Crippen molar-refractivity contribution in [3.63, 3.8) is 0 Å². The standard InChI is InChI=1S/C25H35N/c1-16-12-18(3)22(14-17(16)2)26(9)23-15-21-20(13-19(23)4)24(5,6)10-11-25(21,7)8/h12-15H,10-11H2,1-9H3. The van der Waals surface area contributed by atoms with Gasteiger partial charge in [0.1, 0.15) is 0 Å². The summed E-state index contributed by atoms with van der Waals surface area (Å²) in [6.07, 6.45) is 2.51. The highest BCUT2D eigenvalue weighted by Crippen LogP contribution is 2.48. The zero-order valence-corrected chi connectivity index (χ0v) is 18.2. The molecular weight excluding hydrogens is 314 g/mol. The van der Waals surface area contributed by atoms with Gasteiger partial charge in [-0.1, -0.05) is 39.8 Å². The van der Waals surface area contributed by atoms with Crippen molar-refractivity contribution in [1.29, 1.82) is 0 Å². The monoisotopic (exact) mass is 349 g/mol. The molecule has 0 amide bonds. The molecule has 0 fully saturated rings. The molecule has 1 heteroatoms. The van der Waals surface area contributed by atoms with Crippen LogP contribution in [0.25, 0.3) is 0 Å². The largest absolute Gasteiger partial charge is 0.344 e. The van der Waals surface area contributed by atoms with Crippen LogP contribution in [-0.4, -0.2) is 7.05 Å². The van der Waals surface area contributed by atoms with Gasteiger partial charge in [0.05, 0.1) is 0 Å². The molecule has 0 saturated heterocycles. The normalized spacial score (nSPS) is 17.7. The predicted octanol–water partition coefficient (Wildman–Crippen LogP) is 7.04. The molecule has 2 aromatic rings. The van der Waals surface area contributed by atoms with E-state index in [0.717, 1.165) is 0 Å². The first kappa shape index (κ1) is 19.0. The van der Waals surface area contributed by atoms with E-state index in [9.17, 15) is 0 Å². The fourth-order valence-corrected chi connectivity index (χ4v) is 4.51. The first-order valence-electron chi connectivity index (χ1n) is 9.91. The molecule has 140 valence electrons. The molecule has 1 nitrogen and oxygen atoms in total. The van der Waals surface area contributed by atoms with Gasteiger partial charge in [-0.3, -0.25) is 0 Å². The lowest BCUT2D eigenvalue weighted by atomic mass is 9.63. The average Bonchev–Trinajstić information content (AvgIpc) is 2.54. The maximum Gasteiger partial charge on any atom is 0.0441 e. The summed E-state index contributed by atoms with van der Waals surface area (Å²) >= 11 is 0. The predicted molar refractivity (Wildman–Crippen MR) is 115 cm³/mol. The van der Waals surface area contributed by atoms with E-state index >= 15 is 0 Å². The SMILES string of the molecule is Cc1cc(C)c(N(C)c2cc3c(cc2C)C(C)(C)CCC3(C)C)cc1C. The molecular formula is C25H35N. The van der Waals surface area contributed by atoms with Gasteiger partial charge in [-0.2, -0.15) is 0 Å². The maximum atomic E-state index is 2.47. The topological polar surface area (TPSA) is 3.24 Å². The van der Waals surface area contributed by atoms with Gasteiger partial charge in [0.2, 0.25) is 0 Å². The van der Waals surface area contributed by atoms with E-state index in [1.54, 1.807) is 5.56 Å². The van der Waals surface area contributed by atoms with E-state index in [4.69, 9.17) is 0 Å². The summed E-state index contributed by atoms with van der Waals surface area (Å²) in [6, 6.07) is 9.57. The van der Waals surface area contributed by atoms with E-state index in [0.29, 0.717) is 0 Å². The van der Waals surface area contributed by atoms with Crippen molar-refractivity contribution < 1.29 is 0 Å². The molecule has 3 rings (SSSR count). The second kappa shape index (κ2) is 6.15. The third-order valence-electron chi connectivity index (χ3n) is 6.70. The quantitative estimate of drug-likeness (QED) is 0.562. The van der Waals surface area contributed by atoms with Crippen LogP contribution in [0.1, 0.15) is 73.9 Å². The first-order chi connectivity index (χ1) is 11.9. The molecule has 0 N–H and O–H groups in total. The van der Waals surface area contributed by atoms with Gasteiger partial charge in [-0.15, -0.1) is 0 Å². The number of nitrogens with zero attached hydrogens (tertiary/aromatic N) is 1. The van der Waals surface area contributed by atoms with Gasteiger partial charge < -0.3 is 4.90 Å². The lowest BCUT2D eigenvalue weighted by Crippen LogP contribution is -2.34. The smallest absolute Gasteiger partial charge is 0.0441 e. The Balaban J connectivity index is 2.17. The summed E-state index contributed by atoms with van der Waals surface area (Å²) in [5.41, 5.74) is 11.7. The summed E-state index contributed by atoms with van der Waals surface area (Å²) in [5, 5.41) is 0. The molecule has 1 aliphatic carbocycles. The highest BCUT2D eigenvalue weighted by Gasteiger charge is 2.37. The van der Waals surface area contributed by atoms with Crippen LogP contribution in [0, 0.1) is 27.7 Å². The van der Waals surface area contributed by atoms with Crippen molar-refractivity contribution in [2.24, 2.45) is 0 Å². The molecule has 26 heavy (non-hydrogen) atoms. The van der Waals surface area contributed by atoms with Crippen molar-refractivity contribution in [1.82, 2.24) is 0 Å². The summed E-state index contributed by atoms with van der Waals surface area (Å²) in [4.78, 5) is 2.38. The van der Waals surface area contributed by atoms with Crippen molar-refractivity contribution in [3.8, 4) is 0 Å². The van der Waals surface area contributed by atoms with Gasteiger partial charge in [0, 0.05) is 18.4 Å². The molecule has 0 aliphatic heterocycles. The number of hydrogen-bond acceptors (Lipinski definition) is 1. The molecule has 0 heterocycles. The minimum absolute atomic E-state index is 0.242. The molecule has 0 unspecified atom stereocenters. The third kappa shape index (κ3) is 3.06. The van der Waals surface area contributed by atoms with Gasteiger partial charge in [-0.05, 0) is 96.9 Å². The van der Waals surface area contributed by atoms with Crippen LogP contribution in [0.3, 0.4) is 0 Å². The molecule has 2 aromatic carbocycles. The number of rotatable bonds is 2.